The van der Waals surface area contributed by atoms with Gasteiger partial charge < -0.3 is 15.4 Å². The molecule has 0 radical (unpaired) electrons. The molecule has 0 spiro atoms. The van der Waals surface area contributed by atoms with Crippen LogP contribution in [-0.4, -0.2) is 45.4 Å². The Hall–Kier alpha value is -0.860. The van der Waals surface area contributed by atoms with Gasteiger partial charge in [-0.25, -0.2) is 8.42 Å². The maximum Gasteiger partial charge on any atom is 0.185 e. The summed E-state index contributed by atoms with van der Waals surface area (Å²) in [6.45, 7) is 5.52. The van der Waals surface area contributed by atoms with E-state index in [0.29, 0.717) is 31.2 Å². The molecule has 0 amide bonds. The van der Waals surface area contributed by atoms with Crippen LogP contribution in [-0.2, 0) is 14.6 Å². The average molecular weight is 307 g/mol. The standard InChI is InChI=1S/C11H21N3O3S2/c1-4-8-19(15,16)9-10(12)13-18-11(9)14(3)6-7-17-5-2/h4-8H2,1-3H3,(H2,12,13). The van der Waals surface area contributed by atoms with Crippen molar-refractivity contribution in [2.75, 3.05) is 43.2 Å². The van der Waals surface area contributed by atoms with Crippen molar-refractivity contribution in [3.63, 3.8) is 0 Å². The summed E-state index contributed by atoms with van der Waals surface area (Å²) in [5.41, 5.74) is 5.71. The van der Waals surface area contributed by atoms with Gasteiger partial charge in [0.25, 0.3) is 0 Å². The summed E-state index contributed by atoms with van der Waals surface area (Å²) >= 11 is 1.11. The molecule has 0 aromatic carbocycles. The lowest BCUT2D eigenvalue weighted by Gasteiger charge is -2.18. The Morgan fingerprint density at radius 1 is 1.42 bits per heavy atom. The van der Waals surface area contributed by atoms with Crippen LogP contribution in [0, 0.1) is 0 Å². The van der Waals surface area contributed by atoms with Gasteiger partial charge in [0.05, 0.1) is 12.4 Å². The molecule has 0 aliphatic rings. The van der Waals surface area contributed by atoms with Gasteiger partial charge in [0.2, 0.25) is 0 Å². The second-order valence-electron chi connectivity index (χ2n) is 4.14. The van der Waals surface area contributed by atoms with Crippen molar-refractivity contribution in [3.05, 3.63) is 0 Å². The average Bonchev–Trinajstić information content (AvgIpc) is 2.72. The van der Waals surface area contributed by atoms with Crippen LogP contribution < -0.4 is 10.6 Å². The molecule has 0 saturated carbocycles. The monoisotopic (exact) mass is 307 g/mol. The van der Waals surface area contributed by atoms with Crippen molar-refractivity contribution in [2.45, 2.75) is 25.2 Å². The number of anilines is 2. The summed E-state index contributed by atoms with van der Waals surface area (Å²) < 4.78 is 33.6. The van der Waals surface area contributed by atoms with Crippen molar-refractivity contribution in [2.24, 2.45) is 0 Å². The Morgan fingerprint density at radius 3 is 2.68 bits per heavy atom. The zero-order valence-electron chi connectivity index (χ0n) is 11.5. The first kappa shape index (κ1) is 16.2. The van der Waals surface area contributed by atoms with E-state index in [4.69, 9.17) is 10.5 Å². The summed E-state index contributed by atoms with van der Waals surface area (Å²) in [6.07, 6.45) is 0.555. The van der Waals surface area contributed by atoms with Gasteiger partial charge in [-0.1, -0.05) is 6.92 Å². The topological polar surface area (TPSA) is 85.5 Å². The van der Waals surface area contributed by atoms with Crippen LogP contribution in [0.15, 0.2) is 4.90 Å². The van der Waals surface area contributed by atoms with E-state index in [-0.39, 0.29) is 16.5 Å². The van der Waals surface area contributed by atoms with Crippen LogP contribution in [0.5, 0.6) is 0 Å². The van der Waals surface area contributed by atoms with E-state index in [1.807, 2.05) is 25.8 Å². The number of rotatable bonds is 8. The summed E-state index contributed by atoms with van der Waals surface area (Å²) in [5, 5.41) is 0.589. The van der Waals surface area contributed by atoms with Crippen LogP contribution in [0.25, 0.3) is 0 Å². The van der Waals surface area contributed by atoms with E-state index in [1.165, 1.54) is 0 Å². The van der Waals surface area contributed by atoms with Crippen molar-refractivity contribution in [1.82, 2.24) is 4.37 Å². The minimum absolute atomic E-state index is 0.0852. The fraction of sp³-hybridized carbons (Fsp3) is 0.727. The zero-order valence-corrected chi connectivity index (χ0v) is 13.2. The second kappa shape index (κ2) is 7.06. The molecule has 0 atom stereocenters. The number of nitrogens with two attached hydrogens (primary N) is 1. The van der Waals surface area contributed by atoms with Gasteiger partial charge >= 0.3 is 0 Å². The number of nitrogen functional groups attached to an aromatic ring is 1. The van der Waals surface area contributed by atoms with Crippen LogP contribution in [0.2, 0.25) is 0 Å². The van der Waals surface area contributed by atoms with Gasteiger partial charge in [-0.2, -0.15) is 4.37 Å². The molecule has 0 aliphatic heterocycles. The number of nitrogens with zero attached hydrogens (tertiary/aromatic N) is 2. The first-order valence-electron chi connectivity index (χ1n) is 6.20. The Morgan fingerprint density at radius 2 is 2.11 bits per heavy atom. The van der Waals surface area contributed by atoms with Crippen LogP contribution >= 0.6 is 11.5 Å². The van der Waals surface area contributed by atoms with Gasteiger partial charge in [-0.3, -0.25) is 0 Å². The number of ether oxygens (including phenoxy) is 1. The molecular weight excluding hydrogens is 286 g/mol. The lowest BCUT2D eigenvalue weighted by molar-refractivity contribution is 0.154. The van der Waals surface area contributed by atoms with Gasteiger partial charge in [-0.05, 0) is 24.9 Å². The Kier molecular flexibility index (Phi) is 6.02. The predicted octanol–water partition coefficient (Wildman–Crippen LogP) is 1.38. The normalized spacial score (nSPS) is 11.7. The lowest BCUT2D eigenvalue weighted by Crippen LogP contribution is -2.23. The Labute approximate surface area is 118 Å². The van der Waals surface area contributed by atoms with Crippen molar-refractivity contribution in [1.29, 1.82) is 0 Å². The third-order valence-electron chi connectivity index (χ3n) is 2.56. The molecular formula is C11H21N3O3S2. The lowest BCUT2D eigenvalue weighted by atomic mass is 10.5. The molecule has 110 valence electrons. The van der Waals surface area contributed by atoms with Gasteiger partial charge in [0, 0.05) is 20.2 Å². The SMILES string of the molecule is CCCS(=O)(=O)c1c(N)nsc1N(C)CCOCC. The van der Waals surface area contributed by atoms with E-state index < -0.39 is 9.84 Å². The highest BCUT2D eigenvalue weighted by molar-refractivity contribution is 7.91. The molecule has 8 heteroatoms. The van der Waals surface area contributed by atoms with Crippen LogP contribution in [0.4, 0.5) is 10.8 Å². The number of likely N-dealkylation sites (N-methyl/N-ethyl adjacent to an activating group) is 1. The molecule has 0 unspecified atom stereocenters. The summed E-state index contributed by atoms with van der Waals surface area (Å²) in [4.78, 5) is 1.99. The maximum absolute atomic E-state index is 12.2. The number of sulfone groups is 1. The van der Waals surface area contributed by atoms with E-state index in [9.17, 15) is 8.42 Å². The molecule has 0 bridgehead atoms. The molecule has 1 aromatic rings. The zero-order chi connectivity index (χ0) is 14.5. The highest BCUT2D eigenvalue weighted by atomic mass is 32.2. The van der Waals surface area contributed by atoms with Crippen molar-refractivity contribution < 1.29 is 13.2 Å². The highest BCUT2D eigenvalue weighted by Crippen LogP contribution is 2.34. The minimum atomic E-state index is -3.36. The Bertz CT molecular complexity index is 499. The Balaban J connectivity index is 2.97. The number of hydrogen-bond donors (Lipinski definition) is 1. The minimum Gasteiger partial charge on any atom is -0.382 e. The van der Waals surface area contributed by atoms with E-state index >= 15 is 0 Å². The first-order valence-corrected chi connectivity index (χ1v) is 8.63. The number of aromatic nitrogens is 1. The van der Waals surface area contributed by atoms with Crippen LogP contribution in [0.1, 0.15) is 20.3 Å². The molecule has 2 N–H and O–H groups in total. The second-order valence-corrected chi connectivity index (χ2v) is 6.94. The predicted molar refractivity (Wildman–Crippen MR) is 78.6 cm³/mol. The molecule has 6 nitrogen and oxygen atoms in total. The fourth-order valence-electron chi connectivity index (χ4n) is 1.64. The molecule has 0 saturated heterocycles. The first-order chi connectivity index (χ1) is 8.94. The summed E-state index contributed by atoms with van der Waals surface area (Å²) in [6, 6.07) is 0. The van der Waals surface area contributed by atoms with Crippen molar-refractivity contribution in [3.8, 4) is 0 Å². The quantitative estimate of drug-likeness (QED) is 0.730. The molecule has 1 heterocycles. The van der Waals surface area contributed by atoms with E-state index in [2.05, 4.69) is 4.37 Å². The highest BCUT2D eigenvalue weighted by Gasteiger charge is 2.26. The van der Waals surface area contributed by atoms with E-state index in [0.717, 1.165) is 11.5 Å². The largest absolute Gasteiger partial charge is 0.382 e. The molecule has 1 aromatic heterocycles. The van der Waals surface area contributed by atoms with E-state index in [1.54, 1.807) is 0 Å². The third kappa shape index (κ3) is 4.05. The van der Waals surface area contributed by atoms with Gasteiger partial charge in [0.1, 0.15) is 9.90 Å². The van der Waals surface area contributed by atoms with Gasteiger partial charge in [-0.15, -0.1) is 0 Å². The smallest absolute Gasteiger partial charge is 0.185 e. The fourth-order valence-corrected chi connectivity index (χ4v) is 4.41. The molecule has 1 rings (SSSR count). The van der Waals surface area contributed by atoms with Gasteiger partial charge in [0.15, 0.2) is 15.7 Å². The summed E-state index contributed by atoms with van der Waals surface area (Å²) in [7, 11) is -1.55. The summed E-state index contributed by atoms with van der Waals surface area (Å²) in [5.74, 6) is 0.179. The van der Waals surface area contributed by atoms with Crippen LogP contribution in [0.3, 0.4) is 0 Å². The molecule has 0 fully saturated rings. The maximum atomic E-state index is 12.2. The number of hydrogen-bond acceptors (Lipinski definition) is 7. The van der Waals surface area contributed by atoms with Crippen molar-refractivity contribution >= 4 is 32.2 Å². The molecule has 19 heavy (non-hydrogen) atoms. The third-order valence-corrected chi connectivity index (χ3v) is 5.64. The molecule has 0 aliphatic carbocycles.